The second kappa shape index (κ2) is 12.1. The molecule has 2 aliphatic heterocycles. The van der Waals surface area contributed by atoms with Crippen LogP contribution in [0, 0.1) is 18.7 Å². The van der Waals surface area contributed by atoms with Crippen molar-refractivity contribution >= 4 is 21.3 Å². The summed E-state index contributed by atoms with van der Waals surface area (Å²) in [5.74, 6) is 1.48. The summed E-state index contributed by atoms with van der Waals surface area (Å²) < 4.78 is 40.5. The number of imidazole rings is 1. The van der Waals surface area contributed by atoms with Crippen molar-refractivity contribution in [1.29, 1.82) is 0 Å². The number of aromatic nitrogens is 2. The molecule has 10 heteroatoms. The maximum atomic E-state index is 14.5. The molecule has 3 aromatic rings. The van der Waals surface area contributed by atoms with Crippen molar-refractivity contribution in [3.8, 4) is 11.1 Å². The molecule has 42 heavy (non-hydrogen) atoms. The molecule has 8 nitrogen and oxygen atoms in total. The fourth-order valence-corrected chi connectivity index (χ4v) is 7.72. The maximum Gasteiger partial charge on any atom is 0.254 e. The Morgan fingerprint density at radius 3 is 2.40 bits per heavy atom. The lowest BCUT2D eigenvalue weighted by atomic mass is 9.86. The average molecular weight is 598 g/mol. The van der Waals surface area contributed by atoms with E-state index in [1.54, 1.807) is 11.0 Å². The van der Waals surface area contributed by atoms with Crippen molar-refractivity contribution in [1.82, 2.24) is 24.1 Å². The van der Waals surface area contributed by atoms with Gasteiger partial charge in [-0.05, 0) is 62.9 Å². The van der Waals surface area contributed by atoms with Gasteiger partial charge in [0.25, 0.3) is 5.91 Å². The van der Waals surface area contributed by atoms with E-state index in [4.69, 9.17) is 0 Å². The van der Waals surface area contributed by atoms with Crippen LogP contribution in [-0.4, -0.2) is 101 Å². The number of fused-ring (bicyclic) bond motifs is 1. The Bertz CT molecular complexity index is 1550. The predicted octanol–water partition coefficient (Wildman–Crippen LogP) is 4.47. The van der Waals surface area contributed by atoms with E-state index in [0.717, 1.165) is 36.5 Å². The quantitative estimate of drug-likeness (QED) is 0.362. The van der Waals surface area contributed by atoms with E-state index in [1.165, 1.54) is 17.7 Å². The highest BCUT2D eigenvalue weighted by atomic mass is 32.2. The third-order valence-electron chi connectivity index (χ3n) is 9.08. The van der Waals surface area contributed by atoms with Crippen LogP contribution in [0.1, 0.15) is 62.3 Å². The molecule has 2 saturated heterocycles. The van der Waals surface area contributed by atoms with Crippen LogP contribution in [0.5, 0.6) is 0 Å². The Morgan fingerprint density at radius 2 is 1.79 bits per heavy atom. The Labute approximate surface area is 249 Å². The number of likely N-dealkylation sites (tertiary alicyclic amines) is 1. The number of pyridine rings is 1. The van der Waals surface area contributed by atoms with Crippen molar-refractivity contribution in [3.05, 3.63) is 59.4 Å². The monoisotopic (exact) mass is 597 g/mol. The fourth-order valence-electron chi connectivity index (χ4n) is 6.45. The van der Waals surface area contributed by atoms with Crippen LogP contribution in [0.25, 0.3) is 16.6 Å². The van der Waals surface area contributed by atoms with Crippen molar-refractivity contribution in [2.45, 2.75) is 59.5 Å². The highest BCUT2D eigenvalue weighted by molar-refractivity contribution is 7.91. The first-order valence-corrected chi connectivity index (χ1v) is 17.0. The van der Waals surface area contributed by atoms with Gasteiger partial charge in [-0.25, -0.2) is 17.8 Å². The van der Waals surface area contributed by atoms with Gasteiger partial charge in [0.05, 0.1) is 28.8 Å². The number of halogens is 1. The first kappa shape index (κ1) is 30.6. The number of rotatable bonds is 9. The molecular formula is C32H44FN5O3S. The molecule has 5 rings (SSSR count). The van der Waals surface area contributed by atoms with Crippen molar-refractivity contribution in [3.63, 3.8) is 0 Å². The third-order valence-corrected chi connectivity index (χ3v) is 10.7. The van der Waals surface area contributed by atoms with Crippen LogP contribution in [0.2, 0.25) is 0 Å². The molecule has 0 aliphatic carbocycles. The smallest absolute Gasteiger partial charge is 0.254 e. The highest BCUT2D eigenvalue weighted by Gasteiger charge is 2.37. The normalized spacial score (nSPS) is 19.0. The van der Waals surface area contributed by atoms with Gasteiger partial charge >= 0.3 is 0 Å². The number of benzene rings is 1. The molecule has 2 fully saturated rings. The van der Waals surface area contributed by atoms with Crippen LogP contribution in [0.15, 0.2) is 36.7 Å². The Balaban J connectivity index is 1.44. The molecule has 2 aromatic heterocycles. The summed E-state index contributed by atoms with van der Waals surface area (Å²) in [6.07, 6.45) is 3.98. The highest BCUT2D eigenvalue weighted by Crippen LogP contribution is 2.37. The molecular weight excluding hydrogens is 553 g/mol. The van der Waals surface area contributed by atoms with E-state index in [2.05, 4.69) is 45.3 Å². The summed E-state index contributed by atoms with van der Waals surface area (Å²) in [7, 11) is -2.90. The van der Waals surface area contributed by atoms with E-state index in [1.807, 2.05) is 33.9 Å². The summed E-state index contributed by atoms with van der Waals surface area (Å²) in [5.41, 5.74) is 4.01. The van der Waals surface area contributed by atoms with E-state index in [-0.39, 0.29) is 23.5 Å². The zero-order chi connectivity index (χ0) is 30.3. The van der Waals surface area contributed by atoms with E-state index >= 15 is 0 Å². The number of carbonyl (C=O) groups is 1. The molecule has 1 atom stereocenters. The largest absolute Gasteiger partial charge is 0.336 e. The van der Waals surface area contributed by atoms with Crippen LogP contribution >= 0.6 is 0 Å². The molecule has 1 aromatic carbocycles. The average Bonchev–Trinajstić information content (AvgIpc) is 3.28. The number of hydrogen-bond donors (Lipinski definition) is 0. The van der Waals surface area contributed by atoms with Crippen molar-refractivity contribution < 1.29 is 17.6 Å². The van der Waals surface area contributed by atoms with E-state index < -0.39 is 15.7 Å². The number of amides is 1. The fraction of sp³-hybridized carbons (Fsp3) is 0.562. The molecule has 4 heterocycles. The van der Waals surface area contributed by atoms with Crippen LogP contribution in [0.4, 0.5) is 4.39 Å². The summed E-state index contributed by atoms with van der Waals surface area (Å²) in [5, 5.41) is 0. The number of nitrogens with zero attached hydrogens (tertiary/aromatic N) is 5. The Kier molecular flexibility index (Phi) is 8.79. The van der Waals surface area contributed by atoms with Gasteiger partial charge in [0.15, 0.2) is 9.84 Å². The minimum absolute atomic E-state index is 0.00798. The molecule has 228 valence electrons. The second-order valence-corrected chi connectivity index (χ2v) is 14.8. The number of carbonyl (C=O) groups excluding carboxylic acids is 1. The standard InChI is InChI=1S/C32H44FN5O3S/c1-7-37(22(4)5)32(39)29-15-26(33)8-9-27(29)28-14-24(19-38-23(6)34-16-30(28)38)25-17-36(18-25)31(21(2)3)20-35-10-12-42(40,41)13-11-35/h8-9,14-16,19,21-22,25,31H,7,10-13,17-18,20H2,1-6H3/t31-/m0/s1. The zero-order valence-corrected chi connectivity index (χ0v) is 26.5. The number of sulfone groups is 1. The van der Waals surface area contributed by atoms with Crippen molar-refractivity contribution in [2.75, 3.05) is 50.8 Å². The summed E-state index contributed by atoms with van der Waals surface area (Å²) in [4.78, 5) is 24.8. The van der Waals surface area contributed by atoms with Gasteiger partial charge in [-0.2, -0.15) is 0 Å². The summed E-state index contributed by atoms with van der Waals surface area (Å²) in [6.45, 7) is 16.8. The molecule has 0 spiro atoms. The predicted molar refractivity (Wildman–Crippen MR) is 165 cm³/mol. The van der Waals surface area contributed by atoms with Gasteiger partial charge in [0.1, 0.15) is 11.6 Å². The van der Waals surface area contributed by atoms with Gasteiger partial charge in [-0.3, -0.25) is 14.6 Å². The zero-order valence-electron chi connectivity index (χ0n) is 25.7. The molecule has 0 unspecified atom stereocenters. The topological polar surface area (TPSA) is 78.2 Å². The lowest BCUT2D eigenvalue weighted by molar-refractivity contribution is 0.0419. The van der Waals surface area contributed by atoms with Gasteiger partial charge < -0.3 is 9.30 Å². The first-order valence-electron chi connectivity index (χ1n) is 15.1. The summed E-state index contributed by atoms with van der Waals surface area (Å²) >= 11 is 0. The van der Waals surface area contributed by atoms with Crippen LogP contribution in [0.3, 0.4) is 0 Å². The van der Waals surface area contributed by atoms with Crippen molar-refractivity contribution in [2.24, 2.45) is 5.92 Å². The van der Waals surface area contributed by atoms with Gasteiger partial charge in [0, 0.05) is 69.0 Å². The number of aryl methyl sites for hydroxylation is 1. The molecule has 0 saturated carbocycles. The third kappa shape index (κ3) is 6.12. The summed E-state index contributed by atoms with van der Waals surface area (Å²) in [6, 6.07) is 7.00. The molecule has 0 N–H and O–H groups in total. The van der Waals surface area contributed by atoms with Gasteiger partial charge in [-0.15, -0.1) is 0 Å². The van der Waals surface area contributed by atoms with Crippen LogP contribution < -0.4 is 0 Å². The van der Waals surface area contributed by atoms with E-state index in [9.17, 15) is 17.6 Å². The Morgan fingerprint density at radius 1 is 1.10 bits per heavy atom. The lowest BCUT2D eigenvalue weighted by Crippen LogP contribution is -2.57. The number of hydrogen-bond acceptors (Lipinski definition) is 6. The maximum absolute atomic E-state index is 14.5. The van der Waals surface area contributed by atoms with Crippen LogP contribution in [-0.2, 0) is 9.84 Å². The van der Waals surface area contributed by atoms with Gasteiger partial charge in [0.2, 0.25) is 0 Å². The molecule has 0 radical (unpaired) electrons. The lowest BCUT2D eigenvalue weighted by Gasteiger charge is -2.48. The second-order valence-electron chi connectivity index (χ2n) is 12.5. The first-order chi connectivity index (χ1) is 19.9. The minimum Gasteiger partial charge on any atom is -0.336 e. The molecule has 2 aliphatic rings. The van der Waals surface area contributed by atoms with Gasteiger partial charge in [-0.1, -0.05) is 19.9 Å². The molecule has 1 amide bonds. The van der Waals surface area contributed by atoms with E-state index in [0.29, 0.717) is 48.6 Å². The molecule has 0 bridgehead atoms. The Hall–Kier alpha value is -2.82. The minimum atomic E-state index is -2.90. The SMILES string of the molecule is CCN(C(=O)c1cc(F)ccc1-c1cc(C2CN([C@@H](CN3CCS(=O)(=O)CC3)C(C)C)C2)cn2c(C)ncc12)C(C)C.